The smallest absolute Gasteiger partial charge is 0.177 e. The molecule has 0 aromatic heterocycles. The summed E-state index contributed by atoms with van der Waals surface area (Å²) in [5, 5.41) is 9.45. The van der Waals surface area contributed by atoms with Crippen LogP contribution in [-0.4, -0.2) is 28.9 Å². The summed E-state index contributed by atoms with van der Waals surface area (Å²) < 4.78 is 0. The molecule has 0 atom stereocenters. The van der Waals surface area contributed by atoms with Gasteiger partial charge in [0.05, 0.1) is 17.9 Å². The Morgan fingerprint density at radius 2 is 1.96 bits per heavy atom. The first kappa shape index (κ1) is 14.5. The van der Waals surface area contributed by atoms with Gasteiger partial charge in [0.15, 0.2) is 5.78 Å². The van der Waals surface area contributed by atoms with Gasteiger partial charge in [-0.05, 0) is 48.3 Å². The van der Waals surface area contributed by atoms with Crippen molar-refractivity contribution < 1.29 is 9.90 Å². The summed E-state index contributed by atoms with van der Waals surface area (Å²) in [4.78, 5) is 14.8. The lowest BCUT2D eigenvalue weighted by atomic mass is 9.85. The van der Waals surface area contributed by atoms with Crippen molar-refractivity contribution in [3.8, 4) is 12.3 Å². The number of carbonyl (C=O) groups is 1. The Kier molecular flexibility index (Phi) is 3.32. The molecule has 3 heteroatoms. The van der Waals surface area contributed by atoms with Gasteiger partial charge in [-0.1, -0.05) is 18.1 Å². The zero-order valence-corrected chi connectivity index (χ0v) is 13.3. The number of Topliss-reactive ketones (excluding diaryl/α,β-unsaturated/α-hetero) is 1. The number of fused-ring (bicyclic) bond motifs is 1. The molecule has 3 aliphatic rings. The summed E-state index contributed by atoms with van der Waals surface area (Å²) in [6.45, 7) is 1.94. The average Bonchev–Trinajstić information content (AvgIpc) is 3.33. The zero-order chi connectivity index (χ0) is 16.0. The number of likely N-dealkylation sites (tertiary alicyclic amines) is 1. The van der Waals surface area contributed by atoms with E-state index in [0.717, 1.165) is 35.5 Å². The Morgan fingerprint density at radius 1 is 1.22 bits per heavy atom. The van der Waals surface area contributed by atoms with Gasteiger partial charge in [0.25, 0.3) is 0 Å². The number of aliphatic hydroxyl groups excluding tert-OH is 1. The molecule has 0 bridgehead atoms. The molecule has 0 radical (unpaired) electrons. The number of rotatable bonds is 2. The monoisotopic (exact) mass is 307 g/mol. The molecule has 23 heavy (non-hydrogen) atoms. The number of piperidine rings is 1. The molecule has 1 aliphatic heterocycles. The van der Waals surface area contributed by atoms with E-state index in [-0.39, 0.29) is 12.4 Å². The van der Waals surface area contributed by atoms with Crippen molar-refractivity contribution in [1.82, 2.24) is 4.90 Å². The first-order chi connectivity index (χ1) is 11.2. The van der Waals surface area contributed by atoms with Crippen molar-refractivity contribution in [2.75, 3.05) is 13.1 Å². The van der Waals surface area contributed by atoms with Crippen LogP contribution >= 0.6 is 0 Å². The van der Waals surface area contributed by atoms with E-state index < -0.39 is 0 Å². The first-order valence-electron chi connectivity index (χ1n) is 8.38. The number of benzene rings is 1. The van der Waals surface area contributed by atoms with Crippen molar-refractivity contribution in [2.24, 2.45) is 5.41 Å². The number of ketones is 1. The predicted molar refractivity (Wildman–Crippen MR) is 89.3 cm³/mol. The molecular weight excluding hydrogens is 286 g/mol. The van der Waals surface area contributed by atoms with Gasteiger partial charge in [0.1, 0.15) is 0 Å². The minimum Gasteiger partial charge on any atom is -0.392 e. The van der Waals surface area contributed by atoms with E-state index in [0.29, 0.717) is 17.4 Å². The first-order valence-corrected chi connectivity index (χ1v) is 8.38. The highest BCUT2D eigenvalue weighted by molar-refractivity contribution is 6.10. The van der Waals surface area contributed by atoms with Gasteiger partial charge in [0, 0.05) is 25.1 Å². The third-order valence-electron chi connectivity index (χ3n) is 5.72. The molecule has 0 unspecified atom stereocenters. The second-order valence-electron chi connectivity index (χ2n) is 7.10. The summed E-state index contributed by atoms with van der Waals surface area (Å²) in [7, 11) is 0. The highest BCUT2D eigenvalue weighted by atomic mass is 16.3. The number of aliphatic hydroxyl groups is 1. The van der Waals surface area contributed by atoms with Gasteiger partial charge < -0.3 is 10.0 Å². The maximum atomic E-state index is 12.5. The van der Waals surface area contributed by atoms with Gasteiger partial charge in [0.2, 0.25) is 0 Å². The molecule has 1 aromatic carbocycles. The van der Waals surface area contributed by atoms with Crippen LogP contribution in [0.4, 0.5) is 0 Å². The zero-order valence-electron chi connectivity index (χ0n) is 13.3. The minimum atomic E-state index is 0.00298. The summed E-state index contributed by atoms with van der Waals surface area (Å²) in [6, 6.07) is 5.84. The molecule has 1 aromatic rings. The summed E-state index contributed by atoms with van der Waals surface area (Å²) in [5.41, 5.74) is 4.94. The van der Waals surface area contributed by atoms with Crippen LogP contribution in [0.2, 0.25) is 0 Å². The lowest BCUT2D eigenvalue weighted by Crippen LogP contribution is -2.36. The summed E-state index contributed by atoms with van der Waals surface area (Å²) in [6.07, 6.45) is 11.1. The Labute approximate surface area is 137 Å². The van der Waals surface area contributed by atoms with Crippen molar-refractivity contribution >= 4 is 11.5 Å². The maximum Gasteiger partial charge on any atom is 0.177 e. The van der Waals surface area contributed by atoms with E-state index in [9.17, 15) is 9.90 Å². The Balaban J connectivity index is 1.77. The van der Waals surface area contributed by atoms with Crippen LogP contribution in [0.15, 0.2) is 23.8 Å². The third-order valence-corrected chi connectivity index (χ3v) is 5.72. The third kappa shape index (κ3) is 2.38. The molecule has 1 heterocycles. The molecule has 2 aliphatic carbocycles. The fourth-order valence-electron chi connectivity index (χ4n) is 3.98. The van der Waals surface area contributed by atoms with Crippen LogP contribution < -0.4 is 0 Å². The van der Waals surface area contributed by atoms with E-state index >= 15 is 0 Å². The normalized spacial score (nSPS) is 22.1. The van der Waals surface area contributed by atoms with Gasteiger partial charge in [-0.25, -0.2) is 0 Å². The topological polar surface area (TPSA) is 40.5 Å². The number of carbonyl (C=O) groups excluding carboxylic acids is 1. The lowest BCUT2D eigenvalue weighted by Gasteiger charge is -2.38. The van der Waals surface area contributed by atoms with Gasteiger partial charge in [-0.15, -0.1) is 6.42 Å². The van der Waals surface area contributed by atoms with Gasteiger partial charge >= 0.3 is 0 Å². The summed E-state index contributed by atoms with van der Waals surface area (Å²) in [5.74, 6) is 2.68. The fraction of sp³-hybridized carbons (Fsp3) is 0.450. The standard InChI is InChI=1S/C20H21NO2/c1-2-16-18(23)12-15-4-3-14(13-22)11-17(15)19(16)21-9-7-20(5-6-20)8-10-21/h1,3-4,11,22H,5-10,12-13H2. The van der Waals surface area contributed by atoms with Crippen molar-refractivity contribution in [3.63, 3.8) is 0 Å². The Hall–Kier alpha value is -2.05. The molecule has 2 fully saturated rings. The number of hydrogen-bond donors (Lipinski definition) is 1. The number of allylic oxidation sites excluding steroid dienone is 1. The largest absolute Gasteiger partial charge is 0.392 e. The van der Waals surface area contributed by atoms with Crippen LogP contribution in [0.25, 0.3) is 5.70 Å². The minimum absolute atomic E-state index is 0.00298. The van der Waals surface area contributed by atoms with E-state index in [1.807, 2.05) is 18.2 Å². The highest BCUT2D eigenvalue weighted by Gasteiger charge is 2.45. The molecule has 0 amide bonds. The van der Waals surface area contributed by atoms with Crippen molar-refractivity contribution in [3.05, 3.63) is 40.5 Å². The van der Waals surface area contributed by atoms with E-state index in [1.54, 1.807) is 0 Å². The quantitative estimate of drug-likeness (QED) is 0.854. The van der Waals surface area contributed by atoms with Crippen molar-refractivity contribution in [2.45, 2.75) is 38.7 Å². The molecule has 1 N–H and O–H groups in total. The number of hydrogen-bond acceptors (Lipinski definition) is 3. The van der Waals surface area contributed by atoms with Gasteiger partial charge in [-0.3, -0.25) is 4.79 Å². The van der Waals surface area contributed by atoms with Crippen LogP contribution in [0.1, 0.15) is 42.4 Å². The SMILES string of the molecule is C#CC1=C(N2CCC3(CC2)CC3)c2cc(CO)ccc2CC1=O. The molecule has 4 rings (SSSR count). The fourth-order valence-corrected chi connectivity index (χ4v) is 3.98. The van der Waals surface area contributed by atoms with Crippen LogP contribution in [0.5, 0.6) is 0 Å². The molecular formula is C20H21NO2. The second kappa shape index (κ2) is 5.25. The predicted octanol–water partition coefficient (Wildman–Crippen LogP) is 2.52. The highest BCUT2D eigenvalue weighted by Crippen LogP contribution is 2.54. The second-order valence-corrected chi connectivity index (χ2v) is 7.10. The van der Waals surface area contributed by atoms with Crippen LogP contribution in [-0.2, 0) is 17.8 Å². The Morgan fingerprint density at radius 3 is 2.57 bits per heavy atom. The molecule has 1 saturated carbocycles. The number of terminal acetylenes is 1. The average molecular weight is 307 g/mol. The maximum absolute atomic E-state index is 12.5. The van der Waals surface area contributed by atoms with Crippen LogP contribution in [0.3, 0.4) is 0 Å². The number of nitrogens with zero attached hydrogens (tertiary/aromatic N) is 1. The summed E-state index contributed by atoms with van der Waals surface area (Å²) >= 11 is 0. The molecule has 3 nitrogen and oxygen atoms in total. The molecule has 1 spiro atoms. The lowest BCUT2D eigenvalue weighted by molar-refractivity contribution is -0.114. The van der Waals surface area contributed by atoms with E-state index in [4.69, 9.17) is 6.42 Å². The van der Waals surface area contributed by atoms with Gasteiger partial charge in [-0.2, -0.15) is 0 Å². The molecule has 1 saturated heterocycles. The van der Waals surface area contributed by atoms with E-state index in [2.05, 4.69) is 10.8 Å². The Bertz CT molecular complexity index is 739. The molecule has 118 valence electrons. The van der Waals surface area contributed by atoms with Crippen LogP contribution in [0, 0.1) is 17.8 Å². The van der Waals surface area contributed by atoms with Crippen molar-refractivity contribution in [1.29, 1.82) is 0 Å². The van der Waals surface area contributed by atoms with E-state index in [1.165, 1.54) is 25.7 Å².